The second-order valence-electron chi connectivity index (χ2n) is 5.29. The number of Topliss-reactive ketones (excluding diaryl/α,β-unsaturated/α-hetero) is 1. The molecule has 7 nitrogen and oxygen atoms in total. The van der Waals surface area contributed by atoms with Crippen molar-refractivity contribution in [3.05, 3.63) is 70.8 Å². The summed E-state index contributed by atoms with van der Waals surface area (Å²) in [7, 11) is 0. The third kappa shape index (κ3) is 5.01. The van der Waals surface area contributed by atoms with Crippen molar-refractivity contribution in [3.63, 3.8) is 0 Å². The van der Waals surface area contributed by atoms with E-state index in [4.69, 9.17) is 14.6 Å². The Balaban J connectivity index is 1.78. The molecule has 0 saturated heterocycles. The van der Waals surface area contributed by atoms with Crippen molar-refractivity contribution < 1.29 is 33.8 Å². The number of carbonyl (C=O) groups is 4. The van der Waals surface area contributed by atoms with Crippen LogP contribution in [-0.4, -0.2) is 42.0 Å². The number of ether oxygens (including phenoxy) is 2. The van der Waals surface area contributed by atoms with E-state index in [1.54, 1.807) is 0 Å². The molecule has 2 rings (SSSR count). The van der Waals surface area contributed by atoms with Gasteiger partial charge in [-0.3, -0.25) is 4.79 Å². The molecule has 0 aromatic heterocycles. The van der Waals surface area contributed by atoms with Gasteiger partial charge in [-0.2, -0.15) is 0 Å². The summed E-state index contributed by atoms with van der Waals surface area (Å²) in [5.41, 5.74) is 1.03. The van der Waals surface area contributed by atoms with Gasteiger partial charge >= 0.3 is 17.9 Å². The fourth-order valence-corrected chi connectivity index (χ4v) is 2.03. The zero-order chi connectivity index (χ0) is 19.1. The van der Waals surface area contributed by atoms with Crippen LogP contribution in [0.4, 0.5) is 0 Å². The Labute approximate surface area is 149 Å². The SMILES string of the molecule is CC(=O)c1ccc(C(=O)OCCOC(=O)c2ccc(C(=O)O)cc2)cc1. The minimum absolute atomic E-state index is 0.0614. The summed E-state index contributed by atoms with van der Waals surface area (Å²) in [5.74, 6) is -2.44. The van der Waals surface area contributed by atoms with Gasteiger partial charge < -0.3 is 14.6 Å². The number of carboxylic acid groups (broad SMARTS) is 1. The Morgan fingerprint density at radius 3 is 1.38 bits per heavy atom. The van der Waals surface area contributed by atoms with E-state index in [1.165, 1.54) is 55.5 Å². The molecule has 0 aliphatic rings. The van der Waals surface area contributed by atoms with E-state index in [1.807, 2.05) is 0 Å². The molecule has 0 aliphatic heterocycles. The van der Waals surface area contributed by atoms with Gasteiger partial charge in [0.05, 0.1) is 16.7 Å². The fraction of sp³-hybridized carbons (Fsp3) is 0.158. The molecule has 7 heteroatoms. The van der Waals surface area contributed by atoms with E-state index in [0.29, 0.717) is 5.56 Å². The number of esters is 2. The predicted molar refractivity (Wildman–Crippen MR) is 90.4 cm³/mol. The lowest BCUT2D eigenvalue weighted by atomic mass is 10.1. The molecule has 2 aromatic rings. The molecule has 134 valence electrons. The van der Waals surface area contributed by atoms with Crippen molar-refractivity contribution in [2.75, 3.05) is 13.2 Å². The predicted octanol–water partition coefficient (Wildman–Crippen LogP) is 2.60. The third-order valence-corrected chi connectivity index (χ3v) is 3.44. The number of aromatic carboxylic acids is 1. The van der Waals surface area contributed by atoms with Crippen LogP contribution < -0.4 is 0 Å². The Hall–Kier alpha value is -3.48. The summed E-state index contributed by atoms with van der Waals surface area (Å²) < 4.78 is 9.94. The molecule has 0 saturated carbocycles. The molecule has 0 fully saturated rings. The van der Waals surface area contributed by atoms with E-state index < -0.39 is 17.9 Å². The van der Waals surface area contributed by atoms with Gasteiger partial charge in [0.1, 0.15) is 13.2 Å². The number of rotatable bonds is 7. The van der Waals surface area contributed by atoms with Crippen LogP contribution in [0.3, 0.4) is 0 Å². The number of hydrogen-bond donors (Lipinski definition) is 1. The highest BCUT2D eigenvalue weighted by molar-refractivity contribution is 5.96. The molecule has 0 heterocycles. The smallest absolute Gasteiger partial charge is 0.338 e. The number of carbonyl (C=O) groups excluding carboxylic acids is 3. The summed E-state index contributed by atoms with van der Waals surface area (Å²) in [6, 6.07) is 11.3. The molecule has 0 aliphatic carbocycles. The molecular weight excluding hydrogens is 340 g/mol. The maximum Gasteiger partial charge on any atom is 0.338 e. The lowest BCUT2D eigenvalue weighted by Crippen LogP contribution is -2.14. The van der Waals surface area contributed by atoms with Gasteiger partial charge in [-0.05, 0) is 43.3 Å². The average molecular weight is 356 g/mol. The molecule has 26 heavy (non-hydrogen) atoms. The van der Waals surface area contributed by atoms with Gasteiger partial charge in [-0.1, -0.05) is 12.1 Å². The minimum Gasteiger partial charge on any atom is -0.478 e. The Bertz CT molecular complexity index is 748. The van der Waals surface area contributed by atoms with Crippen molar-refractivity contribution >= 4 is 23.7 Å². The topological polar surface area (TPSA) is 107 Å². The maximum absolute atomic E-state index is 11.8. The number of hydrogen-bond acceptors (Lipinski definition) is 6. The quantitative estimate of drug-likeness (QED) is 0.461. The van der Waals surface area contributed by atoms with E-state index >= 15 is 0 Å². The van der Waals surface area contributed by atoms with Crippen LogP contribution in [0, 0.1) is 0 Å². The van der Waals surface area contributed by atoms with Gasteiger partial charge in [0, 0.05) is 5.56 Å². The number of carboxylic acids is 1. The van der Waals surface area contributed by atoms with Crippen LogP contribution in [-0.2, 0) is 9.47 Å². The van der Waals surface area contributed by atoms with Crippen LogP contribution in [0.1, 0.15) is 48.4 Å². The summed E-state index contributed by atoms with van der Waals surface area (Å²) in [6.45, 7) is 1.15. The van der Waals surface area contributed by atoms with Gasteiger partial charge in [-0.25, -0.2) is 14.4 Å². The number of ketones is 1. The fourth-order valence-electron chi connectivity index (χ4n) is 2.03. The van der Waals surface area contributed by atoms with Crippen LogP contribution in [0.5, 0.6) is 0 Å². The van der Waals surface area contributed by atoms with E-state index in [9.17, 15) is 19.2 Å². The second kappa shape index (κ2) is 8.57. The van der Waals surface area contributed by atoms with Crippen molar-refractivity contribution in [1.29, 1.82) is 0 Å². The van der Waals surface area contributed by atoms with Crippen LogP contribution in [0.25, 0.3) is 0 Å². The highest BCUT2D eigenvalue weighted by atomic mass is 16.6. The molecular formula is C19H16O7. The Kier molecular flexibility index (Phi) is 6.21. The first-order valence-electron chi connectivity index (χ1n) is 7.67. The molecule has 0 spiro atoms. The summed E-state index contributed by atoms with van der Waals surface area (Å²) in [5, 5.41) is 8.79. The monoisotopic (exact) mass is 356 g/mol. The zero-order valence-corrected chi connectivity index (χ0v) is 13.9. The molecule has 2 aromatic carbocycles. The highest BCUT2D eigenvalue weighted by Crippen LogP contribution is 2.08. The lowest BCUT2D eigenvalue weighted by molar-refractivity contribution is 0.0265. The lowest BCUT2D eigenvalue weighted by Gasteiger charge is -2.07. The molecule has 0 unspecified atom stereocenters. The number of benzene rings is 2. The molecule has 0 bridgehead atoms. The first kappa shape index (κ1) is 18.9. The third-order valence-electron chi connectivity index (χ3n) is 3.44. The van der Waals surface area contributed by atoms with E-state index in [2.05, 4.69) is 0 Å². The van der Waals surface area contributed by atoms with Gasteiger partial charge in [-0.15, -0.1) is 0 Å². The first-order chi connectivity index (χ1) is 12.4. The van der Waals surface area contributed by atoms with Crippen molar-refractivity contribution in [2.24, 2.45) is 0 Å². The largest absolute Gasteiger partial charge is 0.478 e. The molecule has 0 amide bonds. The van der Waals surface area contributed by atoms with Crippen molar-refractivity contribution in [1.82, 2.24) is 0 Å². The van der Waals surface area contributed by atoms with Crippen LogP contribution >= 0.6 is 0 Å². The van der Waals surface area contributed by atoms with Crippen molar-refractivity contribution in [2.45, 2.75) is 6.92 Å². The molecule has 0 radical (unpaired) electrons. The standard InChI is InChI=1S/C19H16O7/c1-12(20)13-2-6-15(7-3-13)18(23)25-10-11-26-19(24)16-8-4-14(5-9-16)17(21)22/h2-9H,10-11H2,1H3,(H,21,22). The van der Waals surface area contributed by atoms with Crippen molar-refractivity contribution in [3.8, 4) is 0 Å². The van der Waals surface area contributed by atoms with Crippen LogP contribution in [0.15, 0.2) is 48.5 Å². The summed E-state index contributed by atoms with van der Waals surface area (Å²) >= 11 is 0. The normalized spacial score (nSPS) is 10.0. The minimum atomic E-state index is -1.09. The van der Waals surface area contributed by atoms with E-state index in [0.717, 1.165) is 0 Å². The second-order valence-corrected chi connectivity index (χ2v) is 5.29. The average Bonchev–Trinajstić information content (AvgIpc) is 2.65. The molecule has 1 N–H and O–H groups in total. The Morgan fingerprint density at radius 2 is 1.04 bits per heavy atom. The first-order valence-corrected chi connectivity index (χ1v) is 7.67. The van der Waals surface area contributed by atoms with Crippen LogP contribution in [0.2, 0.25) is 0 Å². The van der Waals surface area contributed by atoms with Gasteiger partial charge in [0.2, 0.25) is 0 Å². The maximum atomic E-state index is 11.8. The van der Waals surface area contributed by atoms with Gasteiger partial charge in [0.25, 0.3) is 0 Å². The Morgan fingerprint density at radius 1 is 0.692 bits per heavy atom. The van der Waals surface area contributed by atoms with Gasteiger partial charge in [0.15, 0.2) is 5.78 Å². The van der Waals surface area contributed by atoms with E-state index in [-0.39, 0.29) is 35.7 Å². The highest BCUT2D eigenvalue weighted by Gasteiger charge is 2.11. The summed E-state index contributed by atoms with van der Waals surface area (Å²) in [6.07, 6.45) is 0. The summed E-state index contributed by atoms with van der Waals surface area (Å²) in [4.78, 5) is 45.6. The zero-order valence-electron chi connectivity index (χ0n) is 13.9. The molecule has 0 atom stereocenters.